The molecule has 2 rings (SSSR count). The van der Waals surface area contributed by atoms with Gasteiger partial charge in [-0.2, -0.15) is 5.10 Å². The molecule has 0 saturated carbocycles. The largest absolute Gasteiger partial charge is 0.497 e. The average molecular weight is 353 g/mol. The molecule has 0 amide bonds. The first-order valence-corrected chi connectivity index (χ1v) is 7.86. The number of rotatable bonds is 6. The van der Waals surface area contributed by atoms with Crippen LogP contribution < -0.4 is 4.74 Å². The van der Waals surface area contributed by atoms with Gasteiger partial charge in [0.2, 0.25) is 0 Å². The maximum Gasteiger partial charge on any atom is 0.118 e. The van der Waals surface area contributed by atoms with Gasteiger partial charge in [-0.05, 0) is 60.3 Å². The molecule has 0 bridgehead atoms. The third-order valence-corrected chi connectivity index (χ3v) is 4.07. The highest BCUT2D eigenvalue weighted by molar-refractivity contribution is 9.10. The summed E-state index contributed by atoms with van der Waals surface area (Å²) in [5.74, 6) is 0.847. The lowest BCUT2D eigenvalue weighted by molar-refractivity contribution is 0.154. The standard InChI is InChI=1S/C16H21BrN2O2/c1-11(2)19-16(14(17)10-18-19)15(20)9-6-12-4-7-13(21-3)8-5-12/h4-5,7-8,10-11,15,20H,6,9H2,1-3H3. The number of hydrogen-bond acceptors (Lipinski definition) is 3. The fourth-order valence-corrected chi connectivity index (χ4v) is 2.84. The van der Waals surface area contributed by atoms with E-state index in [9.17, 15) is 5.11 Å². The molecule has 2 aromatic rings. The zero-order valence-electron chi connectivity index (χ0n) is 12.6. The van der Waals surface area contributed by atoms with Crippen LogP contribution in [0.1, 0.15) is 43.7 Å². The highest BCUT2D eigenvalue weighted by Gasteiger charge is 2.19. The van der Waals surface area contributed by atoms with E-state index in [1.165, 1.54) is 5.56 Å². The van der Waals surface area contributed by atoms with E-state index < -0.39 is 6.10 Å². The van der Waals surface area contributed by atoms with E-state index in [1.807, 2.05) is 28.9 Å². The fraction of sp³-hybridized carbons (Fsp3) is 0.438. The van der Waals surface area contributed by atoms with Gasteiger partial charge in [-0.3, -0.25) is 4.68 Å². The normalized spacial score (nSPS) is 12.7. The Labute approximate surface area is 133 Å². The Balaban J connectivity index is 2.04. The third-order valence-electron chi connectivity index (χ3n) is 3.46. The Kier molecular flexibility index (Phi) is 5.42. The number of benzene rings is 1. The van der Waals surface area contributed by atoms with Gasteiger partial charge in [0.05, 0.1) is 29.6 Å². The minimum Gasteiger partial charge on any atom is -0.497 e. The summed E-state index contributed by atoms with van der Waals surface area (Å²) in [6, 6.07) is 8.16. The number of aryl methyl sites for hydroxylation is 1. The molecule has 1 aromatic carbocycles. The summed E-state index contributed by atoms with van der Waals surface area (Å²) >= 11 is 3.47. The molecular formula is C16H21BrN2O2. The molecule has 0 spiro atoms. The van der Waals surface area contributed by atoms with Crippen LogP contribution in [0.3, 0.4) is 0 Å². The topological polar surface area (TPSA) is 47.3 Å². The first-order chi connectivity index (χ1) is 10.0. The summed E-state index contributed by atoms with van der Waals surface area (Å²) in [5, 5.41) is 14.8. The zero-order valence-corrected chi connectivity index (χ0v) is 14.2. The van der Waals surface area contributed by atoms with E-state index in [-0.39, 0.29) is 6.04 Å². The van der Waals surface area contributed by atoms with Crippen LogP contribution in [0.15, 0.2) is 34.9 Å². The molecule has 0 aliphatic carbocycles. The van der Waals surface area contributed by atoms with E-state index in [0.29, 0.717) is 6.42 Å². The van der Waals surface area contributed by atoms with Crippen LogP contribution in [0.4, 0.5) is 0 Å². The van der Waals surface area contributed by atoms with E-state index >= 15 is 0 Å². The molecule has 0 aliphatic heterocycles. The lowest BCUT2D eigenvalue weighted by Crippen LogP contribution is -2.12. The van der Waals surface area contributed by atoms with Gasteiger partial charge in [-0.25, -0.2) is 0 Å². The molecule has 4 nitrogen and oxygen atoms in total. The highest BCUT2D eigenvalue weighted by Crippen LogP contribution is 2.28. The predicted molar refractivity (Wildman–Crippen MR) is 86.6 cm³/mol. The van der Waals surface area contributed by atoms with Crippen molar-refractivity contribution in [1.82, 2.24) is 9.78 Å². The van der Waals surface area contributed by atoms with Crippen LogP contribution in [0.2, 0.25) is 0 Å². The van der Waals surface area contributed by atoms with Gasteiger partial charge < -0.3 is 9.84 Å². The van der Waals surface area contributed by atoms with E-state index in [4.69, 9.17) is 4.74 Å². The Morgan fingerprint density at radius 3 is 2.52 bits per heavy atom. The van der Waals surface area contributed by atoms with Gasteiger partial charge >= 0.3 is 0 Å². The Bertz CT molecular complexity index is 578. The van der Waals surface area contributed by atoms with Gasteiger partial charge in [0.15, 0.2) is 0 Å². The van der Waals surface area contributed by atoms with Crippen molar-refractivity contribution in [3.63, 3.8) is 0 Å². The maximum atomic E-state index is 10.5. The number of aromatic nitrogens is 2. The van der Waals surface area contributed by atoms with Crippen molar-refractivity contribution in [3.8, 4) is 5.75 Å². The molecule has 21 heavy (non-hydrogen) atoms. The lowest BCUT2D eigenvalue weighted by atomic mass is 10.0. The van der Waals surface area contributed by atoms with Crippen molar-refractivity contribution in [2.24, 2.45) is 0 Å². The zero-order chi connectivity index (χ0) is 15.4. The monoisotopic (exact) mass is 352 g/mol. The van der Waals surface area contributed by atoms with Crippen molar-refractivity contribution in [2.45, 2.75) is 38.8 Å². The Morgan fingerprint density at radius 2 is 1.95 bits per heavy atom. The molecule has 1 unspecified atom stereocenters. The molecule has 1 aromatic heterocycles. The molecule has 0 fully saturated rings. The summed E-state index contributed by atoms with van der Waals surface area (Å²) in [6.45, 7) is 4.11. The molecule has 1 N–H and O–H groups in total. The SMILES string of the molecule is COc1ccc(CCC(O)c2c(Br)cnn2C(C)C)cc1. The van der Waals surface area contributed by atoms with Crippen molar-refractivity contribution >= 4 is 15.9 Å². The minimum absolute atomic E-state index is 0.224. The molecule has 1 heterocycles. The summed E-state index contributed by atoms with van der Waals surface area (Å²) in [5.41, 5.74) is 2.03. The van der Waals surface area contributed by atoms with Crippen LogP contribution in [0.5, 0.6) is 5.75 Å². The van der Waals surface area contributed by atoms with Gasteiger partial charge in [-0.15, -0.1) is 0 Å². The number of aliphatic hydroxyl groups is 1. The number of ether oxygens (including phenoxy) is 1. The first kappa shape index (κ1) is 16.0. The van der Waals surface area contributed by atoms with Crippen LogP contribution >= 0.6 is 15.9 Å². The van der Waals surface area contributed by atoms with Crippen LogP contribution in [0.25, 0.3) is 0 Å². The Morgan fingerprint density at radius 1 is 1.29 bits per heavy atom. The van der Waals surface area contributed by atoms with Crippen molar-refractivity contribution in [1.29, 1.82) is 0 Å². The van der Waals surface area contributed by atoms with E-state index in [2.05, 4.69) is 34.9 Å². The molecule has 0 saturated heterocycles. The number of aliphatic hydroxyl groups excluding tert-OH is 1. The molecular weight excluding hydrogens is 332 g/mol. The number of nitrogens with zero attached hydrogens (tertiary/aromatic N) is 2. The van der Waals surface area contributed by atoms with Gasteiger partial charge in [-0.1, -0.05) is 12.1 Å². The van der Waals surface area contributed by atoms with Gasteiger partial charge in [0, 0.05) is 6.04 Å². The van der Waals surface area contributed by atoms with E-state index in [1.54, 1.807) is 13.3 Å². The minimum atomic E-state index is -0.536. The van der Waals surface area contributed by atoms with Crippen molar-refractivity contribution in [3.05, 3.63) is 46.2 Å². The molecule has 5 heteroatoms. The second-order valence-corrected chi connectivity index (χ2v) is 6.17. The summed E-state index contributed by atoms with van der Waals surface area (Å²) in [4.78, 5) is 0. The average Bonchev–Trinajstić information content (AvgIpc) is 2.87. The van der Waals surface area contributed by atoms with Crippen LogP contribution in [0, 0.1) is 0 Å². The lowest BCUT2D eigenvalue weighted by Gasteiger charge is -2.16. The van der Waals surface area contributed by atoms with Gasteiger partial charge in [0.25, 0.3) is 0 Å². The summed E-state index contributed by atoms with van der Waals surface area (Å²) in [7, 11) is 1.66. The molecule has 114 valence electrons. The molecule has 1 atom stereocenters. The summed E-state index contributed by atoms with van der Waals surface area (Å²) in [6.07, 6.45) is 2.67. The Hall–Kier alpha value is -1.33. The molecule has 0 aliphatic rings. The quantitative estimate of drug-likeness (QED) is 0.857. The van der Waals surface area contributed by atoms with Crippen molar-refractivity contribution < 1.29 is 9.84 Å². The van der Waals surface area contributed by atoms with E-state index in [0.717, 1.165) is 22.3 Å². The predicted octanol–water partition coefficient (Wildman–Crippen LogP) is 3.90. The number of methoxy groups -OCH3 is 1. The third kappa shape index (κ3) is 3.86. The highest BCUT2D eigenvalue weighted by atomic mass is 79.9. The smallest absolute Gasteiger partial charge is 0.118 e. The van der Waals surface area contributed by atoms with Crippen LogP contribution in [-0.2, 0) is 6.42 Å². The number of halogens is 1. The first-order valence-electron chi connectivity index (χ1n) is 7.06. The molecule has 0 radical (unpaired) electrons. The summed E-state index contributed by atoms with van der Waals surface area (Å²) < 4.78 is 7.87. The number of hydrogen-bond donors (Lipinski definition) is 1. The second-order valence-electron chi connectivity index (χ2n) is 5.32. The van der Waals surface area contributed by atoms with Crippen LogP contribution in [-0.4, -0.2) is 22.0 Å². The fourth-order valence-electron chi connectivity index (χ4n) is 2.31. The van der Waals surface area contributed by atoms with Gasteiger partial charge in [0.1, 0.15) is 5.75 Å². The van der Waals surface area contributed by atoms with Crippen molar-refractivity contribution in [2.75, 3.05) is 7.11 Å². The maximum absolute atomic E-state index is 10.5. The second kappa shape index (κ2) is 7.09.